The highest BCUT2D eigenvalue weighted by molar-refractivity contribution is 5.75. The van der Waals surface area contributed by atoms with Crippen molar-refractivity contribution in [3.05, 3.63) is 59.2 Å². The number of aromatic nitrogens is 4. The van der Waals surface area contributed by atoms with Gasteiger partial charge in [0.15, 0.2) is 0 Å². The second-order valence-electron chi connectivity index (χ2n) is 3.88. The Kier molecular flexibility index (Phi) is 2.89. The summed E-state index contributed by atoms with van der Waals surface area (Å²) in [7, 11) is 0. The summed E-state index contributed by atoms with van der Waals surface area (Å²) in [6.07, 6.45) is 6.37. The van der Waals surface area contributed by atoms with Crippen LogP contribution in [0, 0.1) is 0 Å². The van der Waals surface area contributed by atoms with Crippen molar-refractivity contribution < 1.29 is 4.74 Å². The molecule has 3 aromatic rings. The monoisotopic (exact) mass is 254 g/mol. The number of rotatable bonds is 3. The van der Waals surface area contributed by atoms with Gasteiger partial charge in [-0.15, -0.1) is 0 Å². The van der Waals surface area contributed by atoms with Gasteiger partial charge in [0, 0.05) is 12.4 Å². The van der Waals surface area contributed by atoms with Gasteiger partial charge in [0.25, 0.3) is 5.56 Å². The summed E-state index contributed by atoms with van der Waals surface area (Å²) in [6.45, 7) is 0.172. The summed E-state index contributed by atoms with van der Waals surface area (Å²) < 4.78 is 5.48. The molecule has 0 unspecified atom stereocenters. The Bertz CT molecular complexity index is 755. The lowest BCUT2D eigenvalue weighted by Crippen LogP contribution is -2.13. The summed E-state index contributed by atoms with van der Waals surface area (Å²) in [4.78, 5) is 26.7. The van der Waals surface area contributed by atoms with E-state index in [2.05, 4.69) is 19.9 Å². The maximum absolute atomic E-state index is 11.8. The van der Waals surface area contributed by atoms with Crippen LogP contribution in [0.3, 0.4) is 0 Å². The van der Waals surface area contributed by atoms with Crippen molar-refractivity contribution in [1.29, 1.82) is 0 Å². The molecule has 0 fully saturated rings. The first-order chi connectivity index (χ1) is 9.33. The molecule has 6 heteroatoms. The first-order valence-corrected chi connectivity index (χ1v) is 5.69. The van der Waals surface area contributed by atoms with Crippen LogP contribution in [0.2, 0.25) is 0 Å². The van der Waals surface area contributed by atoms with E-state index in [9.17, 15) is 4.79 Å². The van der Waals surface area contributed by atoms with Gasteiger partial charge in [0.2, 0.25) is 0 Å². The van der Waals surface area contributed by atoms with E-state index in [-0.39, 0.29) is 12.2 Å². The summed E-state index contributed by atoms with van der Waals surface area (Å²) in [5.74, 6) is 1.07. The standard InChI is InChI=1S/C13H10N4O2/c18-13-10-3-5-15-7-11(10)16-12(17-13)8-19-9-2-1-4-14-6-9/h1-7H,8H2,(H,16,17,18). The normalized spacial score (nSPS) is 10.5. The molecule has 3 heterocycles. The predicted octanol–water partition coefficient (Wildman–Crippen LogP) is 1.29. The SMILES string of the molecule is O=c1[nH]c(COc2cccnc2)nc2cnccc12. The fourth-order valence-corrected chi connectivity index (χ4v) is 1.69. The lowest BCUT2D eigenvalue weighted by Gasteiger charge is -2.05. The van der Waals surface area contributed by atoms with Crippen LogP contribution in [-0.4, -0.2) is 19.9 Å². The Morgan fingerprint density at radius 3 is 2.89 bits per heavy atom. The molecule has 3 rings (SSSR count). The molecule has 0 spiro atoms. The fourth-order valence-electron chi connectivity index (χ4n) is 1.69. The molecule has 0 aliphatic heterocycles. The van der Waals surface area contributed by atoms with Crippen LogP contribution in [0.4, 0.5) is 0 Å². The molecule has 3 aromatic heterocycles. The number of fused-ring (bicyclic) bond motifs is 1. The van der Waals surface area contributed by atoms with E-state index in [1.165, 1.54) is 0 Å². The molecule has 19 heavy (non-hydrogen) atoms. The molecule has 0 radical (unpaired) electrons. The van der Waals surface area contributed by atoms with Gasteiger partial charge in [-0.05, 0) is 18.2 Å². The van der Waals surface area contributed by atoms with E-state index >= 15 is 0 Å². The molecule has 0 saturated heterocycles. The van der Waals surface area contributed by atoms with Gasteiger partial charge >= 0.3 is 0 Å². The summed E-state index contributed by atoms with van der Waals surface area (Å²) in [5.41, 5.74) is 0.355. The molecule has 94 valence electrons. The van der Waals surface area contributed by atoms with Crippen LogP contribution in [0.1, 0.15) is 5.82 Å². The van der Waals surface area contributed by atoms with Crippen molar-refractivity contribution in [1.82, 2.24) is 19.9 Å². The van der Waals surface area contributed by atoms with Gasteiger partial charge in [-0.3, -0.25) is 14.8 Å². The first kappa shape index (κ1) is 11.3. The number of nitrogens with zero attached hydrogens (tertiary/aromatic N) is 3. The van der Waals surface area contributed by atoms with Crippen LogP contribution >= 0.6 is 0 Å². The van der Waals surface area contributed by atoms with Crippen LogP contribution in [-0.2, 0) is 6.61 Å². The maximum Gasteiger partial charge on any atom is 0.258 e. The molecule has 0 atom stereocenters. The zero-order chi connectivity index (χ0) is 13.1. The highest BCUT2D eigenvalue weighted by atomic mass is 16.5. The van der Waals surface area contributed by atoms with E-state index < -0.39 is 0 Å². The van der Waals surface area contributed by atoms with E-state index in [4.69, 9.17) is 4.74 Å². The average molecular weight is 254 g/mol. The molecule has 0 amide bonds. The smallest absolute Gasteiger partial charge is 0.258 e. The van der Waals surface area contributed by atoms with Crippen LogP contribution in [0.5, 0.6) is 5.75 Å². The molecule has 1 N–H and O–H groups in total. The fraction of sp³-hybridized carbons (Fsp3) is 0.0769. The Morgan fingerprint density at radius 1 is 1.16 bits per heavy atom. The minimum Gasteiger partial charge on any atom is -0.484 e. The van der Waals surface area contributed by atoms with Crippen LogP contribution in [0.25, 0.3) is 10.9 Å². The minimum atomic E-state index is -0.197. The highest BCUT2D eigenvalue weighted by Crippen LogP contribution is 2.09. The Hall–Kier alpha value is -2.76. The van der Waals surface area contributed by atoms with Gasteiger partial charge < -0.3 is 9.72 Å². The summed E-state index contributed by atoms with van der Waals surface area (Å²) in [6, 6.07) is 5.19. The molecule has 0 aliphatic carbocycles. The number of hydrogen-bond donors (Lipinski definition) is 1. The molecular formula is C13H10N4O2. The van der Waals surface area contributed by atoms with Crippen LogP contribution < -0.4 is 10.3 Å². The molecule has 6 nitrogen and oxygen atoms in total. The maximum atomic E-state index is 11.8. The molecule has 0 bridgehead atoms. The number of ether oxygens (including phenoxy) is 1. The number of nitrogens with one attached hydrogen (secondary N) is 1. The van der Waals surface area contributed by atoms with E-state index in [1.807, 2.05) is 0 Å². The lowest BCUT2D eigenvalue weighted by molar-refractivity contribution is 0.295. The first-order valence-electron chi connectivity index (χ1n) is 5.69. The Morgan fingerprint density at radius 2 is 2.05 bits per heavy atom. The van der Waals surface area contributed by atoms with Crippen molar-refractivity contribution in [3.8, 4) is 5.75 Å². The van der Waals surface area contributed by atoms with Crippen molar-refractivity contribution >= 4 is 10.9 Å². The van der Waals surface area contributed by atoms with E-state index in [1.54, 1.807) is 43.0 Å². The van der Waals surface area contributed by atoms with Gasteiger partial charge in [-0.25, -0.2) is 4.98 Å². The third-order valence-corrected chi connectivity index (χ3v) is 2.57. The largest absolute Gasteiger partial charge is 0.484 e. The third-order valence-electron chi connectivity index (χ3n) is 2.57. The van der Waals surface area contributed by atoms with Gasteiger partial charge in [0.1, 0.15) is 18.2 Å². The predicted molar refractivity (Wildman–Crippen MR) is 68.7 cm³/mol. The molecule has 0 saturated carbocycles. The van der Waals surface area contributed by atoms with E-state index in [0.717, 1.165) is 0 Å². The van der Waals surface area contributed by atoms with Crippen LogP contribution in [0.15, 0.2) is 47.8 Å². The molecule has 0 aromatic carbocycles. The van der Waals surface area contributed by atoms with Crippen molar-refractivity contribution in [2.45, 2.75) is 6.61 Å². The number of hydrogen-bond acceptors (Lipinski definition) is 5. The Balaban J connectivity index is 1.88. The number of aromatic amines is 1. The summed E-state index contributed by atoms with van der Waals surface area (Å²) >= 11 is 0. The third kappa shape index (κ3) is 2.42. The number of pyridine rings is 2. The zero-order valence-corrected chi connectivity index (χ0v) is 9.91. The molecule has 0 aliphatic rings. The average Bonchev–Trinajstić information content (AvgIpc) is 2.46. The van der Waals surface area contributed by atoms with Crippen molar-refractivity contribution in [3.63, 3.8) is 0 Å². The van der Waals surface area contributed by atoms with Gasteiger partial charge in [0.05, 0.1) is 23.3 Å². The minimum absolute atomic E-state index is 0.172. The highest BCUT2D eigenvalue weighted by Gasteiger charge is 2.04. The topological polar surface area (TPSA) is 80.8 Å². The number of H-pyrrole nitrogens is 1. The quantitative estimate of drug-likeness (QED) is 0.761. The van der Waals surface area contributed by atoms with Crippen molar-refractivity contribution in [2.24, 2.45) is 0 Å². The van der Waals surface area contributed by atoms with E-state index in [0.29, 0.717) is 22.5 Å². The second kappa shape index (κ2) is 4.85. The van der Waals surface area contributed by atoms with Gasteiger partial charge in [-0.1, -0.05) is 0 Å². The zero-order valence-electron chi connectivity index (χ0n) is 9.91. The second-order valence-corrected chi connectivity index (χ2v) is 3.88. The summed E-state index contributed by atoms with van der Waals surface area (Å²) in [5, 5.41) is 0.514. The lowest BCUT2D eigenvalue weighted by atomic mass is 10.3. The van der Waals surface area contributed by atoms with Crippen molar-refractivity contribution in [2.75, 3.05) is 0 Å². The molecular weight excluding hydrogens is 244 g/mol. The van der Waals surface area contributed by atoms with Gasteiger partial charge in [-0.2, -0.15) is 0 Å². The Labute approximate surface area is 108 Å².